The summed E-state index contributed by atoms with van der Waals surface area (Å²) in [7, 11) is 3.90. The molecule has 0 aliphatic carbocycles. The van der Waals surface area contributed by atoms with E-state index in [0.29, 0.717) is 24.2 Å². The van der Waals surface area contributed by atoms with Crippen molar-refractivity contribution in [1.29, 1.82) is 0 Å². The number of benzene rings is 1. The highest BCUT2D eigenvalue weighted by Crippen LogP contribution is 2.05. The van der Waals surface area contributed by atoms with Gasteiger partial charge in [-0.3, -0.25) is 9.59 Å². The van der Waals surface area contributed by atoms with Crippen LogP contribution < -0.4 is 10.6 Å². The normalized spacial score (nSPS) is 10.4. The van der Waals surface area contributed by atoms with Gasteiger partial charge in [-0.1, -0.05) is 13.0 Å². The SMILES string of the molecule is CCCNC(=O)c1cccc(C(=O)NCCN(C)C)c1. The van der Waals surface area contributed by atoms with Crippen LogP contribution in [0.1, 0.15) is 34.1 Å². The van der Waals surface area contributed by atoms with Gasteiger partial charge in [-0.2, -0.15) is 0 Å². The number of likely N-dealkylation sites (N-methyl/N-ethyl adjacent to an activating group) is 1. The van der Waals surface area contributed by atoms with E-state index in [1.807, 2.05) is 25.9 Å². The minimum Gasteiger partial charge on any atom is -0.352 e. The molecular formula is C15H23N3O2. The fraction of sp³-hybridized carbons (Fsp3) is 0.467. The van der Waals surface area contributed by atoms with Crippen LogP contribution in [0.4, 0.5) is 0 Å². The van der Waals surface area contributed by atoms with Crippen molar-refractivity contribution in [3.8, 4) is 0 Å². The molecule has 0 atom stereocenters. The first-order chi connectivity index (χ1) is 9.54. The number of carbonyl (C=O) groups is 2. The molecule has 20 heavy (non-hydrogen) atoms. The molecule has 0 heterocycles. The van der Waals surface area contributed by atoms with Crippen LogP contribution in [0, 0.1) is 0 Å². The van der Waals surface area contributed by atoms with E-state index in [9.17, 15) is 9.59 Å². The molecule has 1 rings (SSSR count). The monoisotopic (exact) mass is 277 g/mol. The van der Waals surface area contributed by atoms with Gasteiger partial charge < -0.3 is 15.5 Å². The molecule has 0 spiro atoms. The summed E-state index contributed by atoms with van der Waals surface area (Å²) in [5.41, 5.74) is 1.02. The summed E-state index contributed by atoms with van der Waals surface area (Å²) in [6.07, 6.45) is 0.885. The second-order valence-electron chi connectivity index (χ2n) is 4.90. The van der Waals surface area contributed by atoms with Crippen LogP contribution in [0.2, 0.25) is 0 Å². The molecule has 0 fully saturated rings. The topological polar surface area (TPSA) is 61.4 Å². The molecule has 0 aliphatic rings. The molecule has 0 saturated carbocycles. The number of nitrogens with one attached hydrogen (secondary N) is 2. The maximum Gasteiger partial charge on any atom is 0.251 e. The zero-order chi connectivity index (χ0) is 15.0. The van der Waals surface area contributed by atoms with Crippen molar-refractivity contribution < 1.29 is 9.59 Å². The summed E-state index contributed by atoms with van der Waals surface area (Å²) in [6, 6.07) is 6.76. The highest BCUT2D eigenvalue weighted by atomic mass is 16.2. The molecule has 5 heteroatoms. The molecule has 0 saturated heterocycles. The third-order valence-corrected chi connectivity index (χ3v) is 2.77. The fourth-order valence-corrected chi connectivity index (χ4v) is 1.64. The molecular weight excluding hydrogens is 254 g/mol. The number of amides is 2. The van der Waals surface area contributed by atoms with Crippen molar-refractivity contribution in [2.45, 2.75) is 13.3 Å². The maximum atomic E-state index is 12.0. The molecule has 1 aromatic rings. The average molecular weight is 277 g/mol. The lowest BCUT2D eigenvalue weighted by molar-refractivity contribution is 0.0951. The Bertz CT molecular complexity index is 458. The summed E-state index contributed by atoms with van der Waals surface area (Å²) < 4.78 is 0. The largest absolute Gasteiger partial charge is 0.352 e. The lowest BCUT2D eigenvalue weighted by Crippen LogP contribution is -2.31. The number of hydrogen-bond acceptors (Lipinski definition) is 3. The quantitative estimate of drug-likeness (QED) is 0.785. The van der Waals surface area contributed by atoms with Gasteiger partial charge in [0.2, 0.25) is 0 Å². The highest BCUT2D eigenvalue weighted by molar-refractivity contribution is 5.99. The van der Waals surface area contributed by atoms with Crippen molar-refractivity contribution in [2.75, 3.05) is 33.7 Å². The molecule has 110 valence electrons. The summed E-state index contributed by atoms with van der Waals surface area (Å²) in [5.74, 6) is -0.299. The van der Waals surface area contributed by atoms with Crippen molar-refractivity contribution in [2.24, 2.45) is 0 Å². The van der Waals surface area contributed by atoms with Crippen molar-refractivity contribution in [1.82, 2.24) is 15.5 Å². The van der Waals surface area contributed by atoms with Gasteiger partial charge in [-0.25, -0.2) is 0 Å². The molecule has 0 radical (unpaired) electrons. The van der Waals surface area contributed by atoms with Crippen LogP contribution >= 0.6 is 0 Å². The molecule has 0 aromatic heterocycles. The third kappa shape index (κ3) is 5.40. The molecule has 0 unspecified atom stereocenters. The van der Waals surface area contributed by atoms with Gasteiger partial charge in [-0.05, 0) is 38.7 Å². The van der Waals surface area contributed by atoms with Crippen LogP contribution in [0.15, 0.2) is 24.3 Å². The highest BCUT2D eigenvalue weighted by Gasteiger charge is 2.09. The second kappa shape index (κ2) is 8.32. The van der Waals surface area contributed by atoms with Gasteiger partial charge >= 0.3 is 0 Å². The number of nitrogens with zero attached hydrogens (tertiary/aromatic N) is 1. The molecule has 1 aromatic carbocycles. The minimum absolute atomic E-state index is 0.144. The van der Waals surface area contributed by atoms with Crippen LogP contribution in [0.25, 0.3) is 0 Å². The third-order valence-electron chi connectivity index (χ3n) is 2.77. The average Bonchev–Trinajstić information content (AvgIpc) is 2.44. The standard InChI is InChI=1S/C15H23N3O2/c1-4-8-16-14(19)12-6-5-7-13(11-12)15(20)17-9-10-18(2)3/h5-7,11H,4,8-10H2,1-3H3,(H,16,19)(H,17,20). The molecule has 5 nitrogen and oxygen atoms in total. The summed E-state index contributed by atoms with van der Waals surface area (Å²) in [4.78, 5) is 25.8. The second-order valence-corrected chi connectivity index (χ2v) is 4.90. The molecule has 0 bridgehead atoms. The predicted octanol–water partition coefficient (Wildman–Crippen LogP) is 1.12. The zero-order valence-corrected chi connectivity index (χ0v) is 12.4. The summed E-state index contributed by atoms with van der Waals surface area (Å²) in [6.45, 7) is 3.99. The van der Waals surface area contributed by atoms with E-state index in [1.54, 1.807) is 24.3 Å². The Morgan fingerprint density at radius 1 is 1.05 bits per heavy atom. The Kier molecular flexibility index (Phi) is 6.73. The lowest BCUT2D eigenvalue weighted by atomic mass is 10.1. The zero-order valence-electron chi connectivity index (χ0n) is 12.4. The predicted molar refractivity (Wildman–Crippen MR) is 80.0 cm³/mol. The Morgan fingerprint density at radius 3 is 2.10 bits per heavy atom. The van der Waals surface area contributed by atoms with E-state index < -0.39 is 0 Å². The fourth-order valence-electron chi connectivity index (χ4n) is 1.64. The number of carbonyl (C=O) groups excluding carboxylic acids is 2. The first-order valence-corrected chi connectivity index (χ1v) is 6.85. The van der Waals surface area contributed by atoms with Crippen LogP contribution in [-0.4, -0.2) is 50.4 Å². The van der Waals surface area contributed by atoms with Crippen molar-refractivity contribution in [3.05, 3.63) is 35.4 Å². The maximum absolute atomic E-state index is 12.0. The van der Waals surface area contributed by atoms with Crippen molar-refractivity contribution >= 4 is 11.8 Å². The van der Waals surface area contributed by atoms with Gasteiger partial charge in [0.05, 0.1) is 0 Å². The van der Waals surface area contributed by atoms with E-state index in [1.165, 1.54) is 0 Å². The van der Waals surface area contributed by atoms with Crippen molar-refractivity contribution in [3.63, 3.8) is 0 Å². The van der Waals surface area contributed by atoms with Gasteiger partial charge in [0.1, 0.15) is 0 Å². The van der Waals surface area contributed by atoms with Crippen LogP contribution in [0.3, 0.4) is 0 Å². The Hall–Kier alpha value is -1.88. The van der Waals surface area contributed by atoms with Gasteiger partial charge in [0.25, 0.3) is 11.8 Å². The first-order valence-electron chi connectivity index (χ1n) is 6.85. The summed E-state index contributed by atoms with van der Waals surface area (Å²) in [5, 5.41) is 5.62. The van der Waals surface area contributed by atoms with Gasteiger partial charge in [0, 0.05) is 30.8 Å². The smallest absolute Gasteiger partial charge is 0.251 e. The molecule has 2 amide bonds. The van der Waals surface area contributed by atoms with Gasteiger partial charge in [0.15, 0.2) is 0 Å². The van der Waals surface area contributed by atoms with Crippen LogP contribution in [0.5, 0.6) is 0 Å². The Balaban J connectivity index is 2.62. The van der Waals surface area contributed by atoms with E-state index >= 15 is 0 Å². The van der Waals surface area contributed by atoms with E-state index in [4.69, 9.17) is 0 Å². The number of rotatable bonds is 7. The first kappa shape index (κ1) is 16.2. The lowest BCUT2D eigenvalue weighted by Gasteiger charge is -2.11. The Labute approximate surface area is 120 Å². The Morgan fingerprint density at radius 2 is 1.60 bits per heavy atom. The van der Waals surface area contributed by atoms with Crippen LogP contribution in [-0.2, 0) is 0 Å². The van der Waals surface area contributed by atoms with E-state index in [-0.39, 0.29) is 11.8 Å². The van der Waals surface area contributed by atoms with Gasteiger partial charge in [-0.15, -0.1) is 0 Å². The van der Waals surface area contributed by atoms with E-state index in [2.05, 4.69) is 10.6 Å². The molecule has 2 N–H and O–H groups in total. The summed E-state index contributed by atoms with van der Waals surface area (Å²) >= 11 is 0. The minimum atomic E-state index is -0.156. The number of hydrogen-bond donors (Lipinski definition) is 2. The van der Waals surface area contributed by atoms with E-state index in [0.717, 1.165) is 13.0 Å². The molecule has 0 aliphatic heterocycles.